The van der Waals surface area contributed by atoms with Gasteiger partial charge < -0.3 is 14.2 Å². The molecule has 0 aromatic rings. The molecule has 2 unspecified atom stereocenters. The fourth-order valence-corrected chi connectivity index (χ4v) is 2.72. The molecule has 0 aliphatic heterocycles. The smallest absolute Gasteiger partial charge is 0.326 e. The summed E-state index contributed by atoms with van der Waals surface area (Å²) < 4.78 is 15.8. The Morgan fingerprint density at radius 1 is 1.37 bits per heavy atom. The third kappa shape index (κ3) is 4.75. The summed E-state index contributed by atoms with van der Waals surface area (Å²) in [6.45, 7) is 5.46. The van der Waals surface area contributed by atoms with Crippen molar-refractivity contribution >= 4 is 5.97 Å². The van der Waals surface area contributed by atoms with Gasteiger partial charge in [-0.05, 0) is 33.1 Å². The van der Waals surface area contributed by atoms with Crippen molar-refractivity contribution in [3.63, 3.8) is 0 Å². The lowest BCUT2D eigenvalue weighted by Gasteiger charge is -2.30. The Balaban J connectivity index is 2.49. The number of hydrogen-bond donors (Lipinski definition) is 1. The zero-order valence-electron chi connectivity index (χ0n) is 12.5. The lowest BCUT2D eigenvalue weighted by molar-refractivity contribution is -0.149. The van der Waals surface area contributed by atoms with Crippen molar-refractivity contribution < 1.29 is 19.0 Å². The number of nitrogens with one attached hydrogen (secondary N) is 1. The van der Waals surface area contributed by atoms with Gasteiger partial charge in [0.25, 0.3) is 0 Å². The summed E-state index contributed by atoms with van der Waals surface area (Å²) in [5.74, 6) is -0.177. The molecule has 19 heavy (non-hydrogen) atoms. The summed E-state index contributed by atoms with van der Waals surface area (Å²) >= 11 is 0. The summed E-state index contributed by atoms with van der Waals surface area (Å²) in [5, 5.41) is 3.36. The van der Waals surface area contributed by atoms with Crippen molar-refractivity contribution in [2.24, 2.45) is 0 Å². The van der Waals surface area contributed by atoms with E-state index in [1.807, 2.05) is 13.8 Å². The molecule has 1 fully saturated rings. The van der Waals surface area contributed by atoms with E-state index < -0.39 is 5.54 Å². The Morgan fingerprint density at radius 2 is 2.11 bits per heavy atom. The Morgan fingerprint density at radius 3 is 2.68 bits per heavy atom. The van der Waals surface area contributed by atoms with Crippen molar-refractivity contribution in [2.75, 3.05) is 27.4 Å². The van der Waals surface area contributed by atoms with Crippen LogP contribution in [0.2, 0.25) is 0 Å². The van der Waals surface area contributed by atoms with E-state index in [0.29, 0.717) is 19.6 Å². The third-order valence-corrected chi connectivity index (χ3v) is 3.46. The van der Waals surface area contributed by atoms with E-state index >= 15 is 0 Å². The molecule has 0 aromatic heterocycles. The summed E-state index contributed by atoms with van der Waals surface area (Å²) in [7, 11) is 3.13. The molecule has 112 valence electrons. The molecule has 0 aromatic carbocycles. The largest absolute Gasteiger partial charge is 0.468 e. The number of carbonyl (C=O) groups is 1. The predicted molar refractivity (Wildman–Crippen MR) is 73.1 cm³/mol. The number of esters is 1. The van der Waals surface area contributed by atoms with Crippen molar-refractivity contribution in [1.82, 2.24) is 5.32 Å². The van der Waals surface area contributed by atoms with Crippen LogP contribution in [0.1, 0.15) is 39.5 Å². The normalized spacial score (nSPS) is 26.9. The Kier molecular flexibility index (Phi) is 6.75. The van der Waals surface area contributed by atoms with Crippen LogP contribution >= 0.6 is 0 Å². The average molecular weight is 273 g/mol. The average Bonchev–Trinajstić information content (AvgIpc) is 2.77. The summed E-state index contributed by atoms with van der Waals surface area (Å²) in [5.41, 5.74) is -0.575. The maximum absolute atomic E-state index is 12.0. The van der Waals surface area contributed by atoms with Crippen LogP contribution in [0.4, 0.5) is 0 Å². The van der Waals surface area contributed by atoms with Gasteiger partial charge in [-0.15, -0.1) is 0 Å². The van der Waals surface area contributed by atoms with Gasteiger partial charge in [0.15, 0.2) is 0 Å². The molecule has 0 saturated heterocycles. The Hall–Kier alpha value is -0.650. The molecule has 0 bridgehead atoms. The van der Waals surface area contributed by atoms with Crippen molar-refractivity contribution in [2.45, 2.75) is 57.2 Å². The highest BCUT2D eigenvalue weighted by atomic mass is 16.5. The molecule has 0 spiro atoms. The van der Waals surface area contributed by atoms with Gasteiger partial charge in [-0.1, -0.05) is 0 Å². The van der Waals surface area contributed by atoms with E-state index in [4.69, 9.17) is 14.2 Å². The first-order valence-corrected chi connectivity index (χ1v) is 7.00. The van der Waals surface area contributed by atoms with E-state index in [-0.39, 0.29) is 18.1 Å². The second-order valence-electron chi connectivity index (χ2n) is 5.45. The lowest BCUT2D eigenvalue weighted by atomic mass is 9.96. The minimum Gasteiger partial charge on any atom is -0.468 e. The highest BCUT2D eigenvalue weighted by Crippen LogP contribution is 2.33. The van der Waals surface area contributed by atoms with E-state index in [0.717, 1.165) is 19.3 Å². The minimum absolute atomic E-state index is 0.127. The molecule has 1 aliphatic carbocycles. The van der Waals surface area contributed by atoms with E-state index in [9.17, 15) is 4.79 Å². The molecular formula is C14H27NO4. The molecule has 5 heteroatoms. The van der Waals surface area contributed by atoms with Crippen molar-refractivity contribution in [1.29, 1.82) is 0 Å². The summed E-state index contributed by atoms with van der Waals surface area (Å²) in [6.07, 6.45) is 3.36. The molecule has 1 N–H and O–H groups in total. The standard InChI is InChI=1S/C14H27NO4/c1-11(2)15-14(13(16)18-4)7-6-12(10-14)19-9-5-8-17-3/h11-12,15H,5-10H2,1-4H3. The molecule has 5 nitrogen and oxygen atoms in total. The lowest BCUT2D eigenvalue weighted by Crippen LogP contribution is -2.53. The second kappa shape index (κ2) is 7.82. The fourth-order valence-electron chi connectivity index (χ4n) is 2.72. The second-order valence-corrected chi connectivity index (χ2v) is 5.45. The monoisotopic (exact) mass is 273 g/mol. The highest BCUT2D eigenvalue weighted by Gasteiger charge is 2.46. The maximum atomic E-state index is 12.0. The van der Waals surface area contributed by atoms with Crippen LogP contribution in [0.15, 0.2) is 0 Å². The first-order chi connectivity index (χ1) is 9.04. The van der Waals surface area contributed by atoms with Crippen LogP contribution in [0.3, 0.4) is 0 Å². The third-order valence-electron chi connectivity index (χ3n) is 3.46. The molecule has 1 aliphatic rings. The molecular weight excluding hydrogens is 246 g/mol. The van der Waals surface area contributed by atoms with E-state index in [1.165, 1.54) is 7.11 Å². The summed E-state index contributed by atoms with van der Waals surface area (Å²) in [6, 6.07) is 0.242. The van der Waals surface area contributed by atoms with Crippen LogP contribution in [-0.2, 0) is 19.0 Å². The van der Waals surface area contributed by atoms with Crippen molar-refractivity contribution in [3.8, 4) is 0 Å². The maximum Gasteiger partial charge on any atom is 0.326 e. The van der Waals surface area contributed by atoms with Gasteiger partial charge >= 0.3 is 5.97 Å². The van der Waals surface area contributed by atoms with Crippen LogP contribution in [0.25, 0.3) is 0 Å². The van der Waals surface area contributed by atoms with E-state index in [2.05, 4.69) is 5.32 Å². The van der Waals surface area contributed by atoms with Crippen LogP contribution in [0, 0.1) is 0 Å². The number of hydrogen-bond acceptors (Lipinski definition) is 5. The molecule has 0 heterocycles. The molecule has 2 atom stereocenters. The number of rotatable bonds is 8. The first kappa shape index (κ1) is 16.4. The molecule has 0 amide bonds. The zero-order valence-corrected chi connectivity index (χ0v) is 12.5. The highest BCUT2D eigenvalue weighted by molar-refractivity contribution is 5.81. The summed E-state index contributed by atoms with van der Waals surface area (Å²) in [4.78, 5) is 12.0. The number of ether oxygens (including phenoxy) is 3. The van der Waals surface area contributed by atoms with E-state index in [1.54, 1.807) is 7.11 Å². The van der Waals surface area contributed by atoms with Gasteiger partial charge in [0.05, 0.1) is 13.2 Å². The topological polar surface area (TPSA) is 56.8 Å². The van der Waals surface area contributed by atoms with Gasteiger partial charge in [-0.25, -0.2) is 0 Å². The van der Waals surface area contributed by atoms with Crippen LogP contribution in [-0.4, -0.2) is 51.1 Å². The Labute approximate surface area is 116 Å². The van der Waals surface area contributed by atoms with Gasteiger partial charge in [0, 0.05) is 32.8 Å². The number of methoxy groups -OCH3 is 2. The number of carbonyl (C=O) groups excluding carboxylic acids is 1. The predicted octanol–water partition coefficient (Wildman–Crippen LogP) is 1.50. The van der Waals surface area contributed by atoms with Gasteiger partial charge in [0.2, 0.25) is 0 Å². The minimum atomic E-state index is -0.575. The first-order valence-electron chi connectivity index (χ1n) is 7.00. The van der Waals surface area contributed by atoms with Crippen LogP contribution < -0.4 is 5.32 Å². The molecule has 1 saturated carbocycles. The fraction of sp³-hybridized carbons (Fsp3) is 0.929. The van der Waals surface area contributed by atoms with Crippen molar-refractivity contribution in [3.05, 3.63) is 0 Å². The zero-order chi connectivity index (χ0) is 14.3. The molecule has 1 rings (SSSR count). The van der Waals surface area contributed by atoms with Gasteiger partial charge in [-0.2, -0.15) is 0 Å². The quantitative estimate of drug-likeness (QED) is 0.536. The van der Waals surface area contributed by atoms with Gasteiger partial charge in [0.1, 0.15) is 5.54 Å². The van der Waals surface area contributed by atoms with Crippen LogP contribution in [0.5, 0.6) is 0 Å². The van der Waals surface area contributed by atoms with Gasteiger partial charge in [-0.3, -0.25) is 10.1 Å². The molecule has 0 radical (unpaired) electrons. The Bertz CT molecular complexity index is 283. The SMILES string of the molecule is COCCCOC1CCC(NC(C)C)(C(=O)OC)C1.